The molecule has 2 aromatic rings. The van der Waals surface area contributed by atoms with Gasteiger partial charge in [-0.2, -0.15) is 0 Å². The molecule has 0 unspecified atom stereocenters. The van der Waals surface area contributed by atoms with Crippen LogP contribution in [0.15, 0.2) is 34.7 Å². The van der Waals surface area contributed by atoms with Crippen molar-refractivity contribution in [2.75, 3.05) is 11.1 Å². The van der Waals surface area contributed by atoms with Crippen LogP contribution < -0.4 is 11.1 Å². The summed E-state index contributed by atoms with van der Waals surface area (Å²) in [6, 6.07) is 5.37. The number of thiazole rings is 1. The van der Waals surface area contributed by atoms with Gasteiger partial charge in [-0.05, 0) is 36.5 Å². The molecule has 1 fully saturated rings. The van der Waals surface area contributed by atoms with Crippen LogP contribution in [-0.4, -0.2) is 33.6 Å². The Kier molecular flexibility index (Phi) is 4.65. The number of primary amides is 1. The van der Waals surface area contributed by atoms with Gasteiger partial charge in [-0.25, -0.2) is 4.98 Å². The number of amides is 2. The first-order valence-corrected chi connectivity index (χ1v) is 10.3. The largest absolute Gasteiger partial charge is 0.481 e. The molecule has 2 amide bonds. The molecule has 7 nitrogen and oxygen atoms in total. The standard InChI is InChI=1S/C18H17N3O4S2/c19-13(22)7-26-18-21-11-4-3-10(6-12(11)27-18)20-16(23)14-8-1-2-9(5-8)15(14)17(24)25/h1-4,6,8-9,14-15H,5,7H2,(H2,19,22)(H,20,23)(H,24,25)/t8-,9-,14+,15-/m0/s1. The number of carboxylic acids is 1. The van der Waals surface area contributed by atoms with E-state index in [9.17, 15) is 19.5 Å². The first-order chi connectivity index (χ1) is 12.9. The van der Waals surface area contributed by atoms with Crippen molar-refractivity contribution in [3.63, 3.8) is 0 Å². The Balaban J connectivity index is 1.51. The maximum absolute atomic E-state index is 12.8. The van der Waals surface area contributed by atoms with E-state index >= 15 is 0 Å². The fourth-order valence-corrected chi connectivity index (χ4v) is 5.76. The van der Waals surface area contributed by atoms with Gasteiger partial charge in [-0.1, -0.05) is 23.9 Å². The Labute approximate surface area is 163 Å². The van der Waals surface area contributed by atoms with Crippen LogP contribution in [0, 0.1) is 23.7 Å². The molecule has 1 heterocycles. The Morgan fingerprint density at radius 1 is 1.26 bits per heavy atom. The topological polar surface area (TPSA) is 122 Å². The minimum Gasteiger partial charge on any atom is -0.481 e. The SMILES string of the molecule is NC(=O)CSc1nc2ccc(NC(=O)[C@H]3[C@@H](C(=O)O)[C@H]4C=C[C@H]3C4)cc2s1. The lowest BCUT2D eigenvalue weighted by Gasteiger charge is -2.23. The van der Waals surface area contributed by atoms with Crippen molar-refractivity contribution >= 4 is 56.8 Å². The van der Waals surface area contributed by atoms with Crippen molar-refractivity contribution in [1.82, 2.24) is 4.98 Å². The third-order valence-corrected chi connectivity index (χ3v) is 7.20. The van der Waals surface area contributed by atoms with Crippen LogP contribution in [0.2, 0.25) is 0 Å². The summed E-state index contributed by atoms with van der Waals surface area (Å²) in [6.45, 7) is 0. The summed E-state index contributed by atoms with van der Waals surface area (Å²) in [6.07, 6.45) is 4.61. The zero-order valence-corrected chi connectivity index (χ0v) is 15.8. The number of aromatic nitrogens is 1. The predicted octanol–water partition coefficient (Wildman–Crippen LogP) is 2.34. The second-order valence-electron chi connectivity index (χ2n) is 6.74. The molecule has 2 aliphatic carbocycles. The van der Waals surface area contributed by atoms with Crippen LogP contribution in [-0.2, 0) is 14.4 Å². The number of thioether (sulfide) groups is 1. The zero-order chi connectivity index (χ0) is 19.1. The Hall–Kier alpha value is -2.39. The van der Waals surface area contributed by atoms with Gasteiger partial charge in [0.1, 0.15) is 0 Å². The van der Waals surface area contributed by atoms with Gasteiger partial charge in [0.2, 0.25) is 11.8 Å². The van der Waals surface area contributed by atoms with Gasteiger partial charge in [0.05, 0.1) is 27.8 Å². The van der Waals surface area contributed by atoms with Crippen LogP contribution in [0.1, 0.15) is 6.42 Å². The molecule has 0 saturated heterocycles. The smallest absolute Gasteiger partial charge is 0.307 e. The van der Waals surface area contributed by atoms with Crippen LogP contribution in [0.3, 0.4) is 0 Å². The lowest BCUT2D eigenvalue weighted by molar-refractivity contribution is -0.146. The van der Waals surface area contributed by atoms with Crippen molar-refractivity contribution < 1.29 is 19.5 Å². The number of nitrogens with zero attached hydrogens (tertiary/aromatic N) is 1. The number of aliphatic carboxylic acids is 1. The summed E-state index contributed by atoms with van der Waals surface area (Å²) >= 11 is 2.70. The van der Waals surface area contributed by atoms with Crippen molar-refractivity contribution in [3.8, 4) is 0 Å². The number of carboxylic acid groups (broad SMARTS) is 1. The molecule has 0 radical (unpaired) electrons. The summed E-state index contributed by atoms with van der Waals surface area (Å²) in [7, 11) is 0. The van der Waals surface area contributed by atoms with Gasteiger partial charge < -0.3 is 16.2 Å². The van der Waals surface area contributed by atoms with Crippen LogP contribution in [0.25, 0.3) is 10.2 Å². The van der Waals surface area contributed by atoms with Crippen LogP contribution in [0.5, 0.6) is 0 Å². The Morgan fingerprint density at radius 3 is 2.70 bits per heavy atom. The second-order valence-corrected chi connectivity index (χ2v) is 9.00. The molecule has 0 spiro atoms. The molecule has 2 bridgehead atoms. The Bertz CT molecular complexity index is 971. The number of rotatable bonds is 6. The number of anilines is 1. The monoisotopic (exact) mass is 403 g/mol. The maximum atomic E-state index is 12.8. The summed E-state index contributed by atoms with van der Waals surface area (Å²) in [5, 5.41) is 12.4. The average molecular weight is 403 g/mol. The molecule has 140 valence electrons. The number of hydrogen-bond acceptors (Lipinski definition) is 6. The molecule has 2 aliphatic rings. The number of nitrogens with one attached hydrogen (secondary N) is 1. The maximum Gasteiger partial charge on any atom is 0.307 e. The number of nitrogens with two attached hydrogens (primary N) is 1. The molecule has 4 N–H and O–H groups in total. The number of carbonyl (C=O) groups excluding carboxylic acids is 2. The highest BCUT2D eigenvalue weighted by atomic mass is 32.2. The lowest BCUT2D eigenvalue weighted by atomic mass is 9.82. The highest BCUT2D eigenvalue weighted by Gasteiger charge is 2.51. The molecule has 0 aliphatic heterocycles. The fraction of sp³-hybridized carbons (Fsp3) is 0.333. The number of benzene rings is 1. The molecule has 27 heavy (non-hydrogen) atoms. The number of carbonyl (C=O) groups is 3. The second kappa shape index (κ2) is 6.97. The first kappa shape index (κ1) is 18.0. The van der Waals surface area contributed by atoms with E-state index in [2.05, 4.69) is 10.3 Å². The van der Waals surface area contributed by atoms with Crippen molar-refractivity contribution in [3.05, 3.63) is 30.4 Å². The van der Waals surface area contributed by atoms with E-state index in [0.717, 1.165) is 21.0 Å². The molecular formula is C18H17N3O4S2. The van der Waals surface area contributed by atoms with E-state index in [1.54, 1.807) is 12.1 Å². The van der Waals surface area contributed by atoms with Gasteiger partial charge in [-0.15, -0.1) is 11.3 Å². The number of hydrogen-bond donors (Lipinski definition) is 3. The molecule has 1 aromatic carbocycles. The summed E-state index contributed by atoms with van der Waals surface area (Å²) < 4.78 is 1.61. The number of allylic oxidation sites excluding steroid dienone is 2. The van der Waals surface area contributed by atoms with E-state index in [1.165, 1.54) is 23.1 Å². The highest BCUT2D eigenvalue weighted by molar-refractivity contribution is 8.01. The summed E-state index contributed by atoms with van der Waals surface area (Å²) in [4.78, 5) is 39.7. The normalized spacial score (nSPS) is 25.8. The van der Waals surface area contributed by atoms with Gasteiger partial charge in [-0.3, -0.25) is 14.4 Å². The van der Waals surface area contributed by atoms with E-state index in [4.69, 9.17) is 5.73 Å². The average Bonchev–Trinajstić information content (AvgIpc) is 3.32. The van der Waals surface area contributed by atoms with Crippen molar-refractivity contribution in [2.45, 2.75) is 10.8 Å². The molecule has 4 rings (SSSR count). The summed E-state index contributed by atoms with van der Waals surface area (Å²) in [5.74, 6) is -2.69. The quantitative estimate of drug-likeness (QED) is 0.503. The minimum atomic E-state index is -0.916. The number of fused-ring (bicyclic) bond motifs is 3. The fourth-order valence-electron chi connectivity index (χ4n) is 3.92. The molecule has 1 aromatic heterocycles. The van der Waals surface area contributed by atoms with Crippen LogP contribution in [0.4, 0.5) is 5.69 Å². The molecular weight excluding hydrogens is 386 g/mol. The first-order valence-electron chi connectivity index (χ1n) is 8.46. The summed E-state index contributed by atoms with van der Waals surface area (Å²) in [5.41, 5.74) is 6.54. The third kappa shape index (κ3) is 3.44. The third-order valence-electron chi connectivity index (χ3n) is 5.02. The molecule has 4 atom stereocenters. The highest BCUT2D eigenvalue weighted by Crippen LogP contribution is 2.48. The van der Waals surface area contributed by atoms with E-state index < -0.39 is 23.7 Å². The van der Waals surface area contributed by atoms with Crippen molar-refractivity contribution in [1.29, 1.82) is 0 Å². The van der Waals surface area contributed by atoms with Crippen LogP contribution >= 0.6 is 23.1 Å². The minimum absolute atomic E-state index is 0.0139. The molecule has 9 heteroatoms. The zero-order valence-electron chi connectivity index (χ0n) is 14.1. The van der Waals surface area contributed by atoms with Gasteiger partial charge in [0.25, 0.3) is 0 Å². The van der Waals surface area contributed by atoms with Gasteiger partial charge in [0, 0.05) is 5.69 Å². The van der Waals surface area contributed by atoms with Gasteiger partial charge >= 0.3 is 5.97 Å². The van der Waals surface area contributed by atoms with Gasteiger partial charge in [0.15, 0.2) is 4.34 Å². The van der Waals surface area contributed by atoms with E-state index in [-0.39, 0.29) is 23.5 Å². The van der Waals surface area contributed by atoms with E-state index in [0.29, 0.717) is 5.69 Å². The van der Waals surface area contributed by atoms with E-state index in [1.807, 2.05) is 18.2 Å². The molecule has 1 saturated carbocycles. The predicted molar refractivity (Wildman–Crippen MR) is 104 cm³/mol. The lowest BCUT2D eigenvalue weighted by Crippen LogP contribution is -2.36. The van der Waals surface area contributed by atoms with Crippen molar-refractivity contribution in [2.24, 2.45) is 29.4 Å². The Morgan fingerprint density at radius 2 is 2.00 bits per heavy atom.